The van der Waals surface area contributed by atoms with Crippen molar-refractivity contribution in [3.63, 3.8) is 0 Å². The molecule has 7 nitrogen and oxygen atoms in total. The van der Waals surface area contributed by atoms with Crippen molar-refractivity contribution in [1.29, 1.82) is 5.26 Å². The molecule has 3 aromatic rings. The first kappa shape index (κ1) is 16.9. The molecule has 26 heavy (non-hydrogen) atoms. The second kappa shape index (κ2) is 7.32. The average molecular weight is 345 g/mol. The van der Waals surface area contributed by atoms with Crippen LogP contribution in [0.1, 0.15) is 21.6 Å². The quantitative estimate of drug-likeness (QED) is 0.644. The van der Waals surface area contributed by atoms with E-state index in [1.165, 1.54) is 6.07 Å². The van der Waals surface area contributed by atoms with Gasteiger partial charge >= 0.3 is 5.97 Å². The van der Waals surface area contributed by atoms with Crippen LogP contribution in [0.4, 0.5) is 23.1 Å². The van der Waals surface area contributed by atoms with E-state index in [1.807, 2.05) is 0 Å². The molecule has 1 heterocycles. The lowest BCUT2D eigenvalue weighted by atomic mass is 10.2. The largest absolute Gasteiger partial charge is 0.478 e. The summed E-state index contributed by atoms with van der Waals surface area (Å²) in [4.78, 5) is 20.0. The fourth-order valence-electron chi connectivity index (χ4n) is 2.42. The third-order valence-electron chi connectivity index (χ3n) is 3.57. The van der Waals surface area contributed by atoms with E-state index in [4.69, 9.17) is 0 Å². The summed E-state index contributed by atoms with van der Waals surface area (Å²) in [5.41, 5.74) is 2.34. The van der Waals surface area contributed by atoms with Crippen LogP contribution in [0.25, 0.3) is 0 Å². The number of aromatic nitrogens is 2. The van der Waals surface area contributed by atoms with E-state index < -0.39 is 5.97 Å². The minimum Gasteiger partial charge on any atom is -0.478 e. The Kier molecular flexibility index (Phi) is 4.76. The molecule has 2 aromatic carbocycles. The van der Waals surface area contributed by atoms with Crippen LogP contribution >= 0.6 is 0 Å². The summed E-state index contributed by atoms with van der Waals surface area (Å²) in [5, 5.41) is 24.5. The highest BCUT2D eigenvalue weighted by molar-refractivity contribution is 5.95. The van der Waals surface area contributed by atoms with Crippen LogP contribution in [0, 0.1) is 18.3 Å². The van der Waals surface area contributed by atoms with Crippen LogP contribution < -0.4 is 10.6 Å². The number of aryl methyl sites for hydroxylation is 1. The fraction of sp³-hybridized carbons (Fsp3) is 0.0526. The van der Waals surface area contributed by atoms with Crippen molar-refractivity contribution in [2.24, 2.45) is 0 Å². The molecule has 0 saturated heterocycles. The predicted molar refractivity (Wildman–Crippen MR) is 97.9 cm³/mol. The van der Waals surface area contributed by atoms with Gasteiger partial charge in [-0.25, -0.2) is 9.78 Å². The number of carboxylic acids is 1. The lowest BCUT2D eigenvalue weighted by Crippen LogP contribution is -2.06. The van der Waals surface area contributed by atoms with Crippen molar-refractivity contribution < 1.29 is 9.90 Å². The maximum atomic E-state index is 11.3. The first-order valence-corrected chi connectivity index (χ1v) is 7.78. The van der Waals surface area contributed by atoms with E-state index in [2.05, 4.69) is 26.7 Å². The van der Waals surface area contributed by atoms with Gasteiger partial charge in [-0.1, -0.05) is 24.3 Å². The molecule has 0 radical (unpaired) electrons. The van der Waals surface area contributed by atoms with E-state index in [0.29, 0.717) is 34.4 Å². The molecule has 0 aliphatic heterocycles. The number of nitrogens with zero attached hydrogens (tertiary/aromatic N) is 3. The maximum absolute atomic E-state index is 11.3. The molecular formula is C19H15N5O2. The highest BCUT2D eigenvalue weighted by atomic mass is 16.4. The van der Waals surface area contributed by atoms with Crippen molar-refractivity contribution in [2.75, 3.05) is 10.6 Å². The second-order valence-corrected chi connectivity index (χ2v) is 5.48. The Morgan fingerprint density at radius 3 is 2.46 bits per heavy atom. The van der Waals surface area contributed by atoms with Crippen molar-refractivity contribution in [1.82, 2.24) is 9.97 Å². The molecule has 0 atom stereocenters. The standard InChI is InChI=1S/C19H15N5O2/c1-12-10-17(22-16-9-5-3-7-14(16)18(25)26)24-19(21-12)23-15-8-4-2-6-13(15)11-20/h2-10H,1H3,(H,25,26)(H2,21,22,23,24). The van der Waals surface area contributed by atoms with Crippen LogP contribution in [0.3, 0.4) is 0 Å². The van der Waals surface area contributed by atoms with E-state index in [0.717, 1.165) is 0 Å². The van der Waals surface area contributed by atoms with Gasteiger partial charge in [-0.3, -0.25) is 0 Å². The maximum Gasteiger partial charge on any atom is 0.337 e. The summed E-state index contributed by atoms with van der Waals surface area (Å²) >= 11 is 0. The summed E-state index contributed by atoms with van der Waals surface area (Å²) in [6.07, 6.45) is 0. The van der Waals surface area contributed by atoms with E-state index in [9.17, 15) is 15.2 Å². The average Bonchev–Trinajstić information content (AvgIpc) is 2.62. The number of rotatable bonds is 5. The van der Waals surface area contributed by atoms with Gasteiger partial charge < -0.3 is 15.7 Å². The monoisotopic (exact) mass is 345 g/mol. The zero-order valence-corrected chi connectivity index (χ0v) is 13.9. The number of nitriles is 1. The number of para-hydroxylation sites is 2. The van der Waals surface area contributed by atoms with Crippen LogP contribution in [0.2, 0.25) is 0 Å². The van der Waals surface area contributed by atoms with Gasteiger partial charge in [-0.2, -0.15) is 10.2 Å². The normalized spacial score (nSPS) is 10.0. The molecule has 0 aliphatic carbocycles. The lowest BCUT2D eigenvalue weighted by molar-refractivity contribution is 0.0698. The van der Waals surface area contributed by atoms with Gasteiger partial charge in [0.15, 0.2) is 0 Å². The molecule has 3 rings (SSSR count). The van der Waals surface area contributed by atoms with Gasteiger partial charge in [0.1, 0.15) is 11.9 Å². The number of benzene rings is 2. The summed E-state index contributed by atoms with van der Waals surface area (Å²) in [5.74, 6) is -0.272. The van der Waals surface area contributed by atoms with Gasteiger partial charge in [0.2, 0.25) is 5.95 Å². The molecule has 128 valence electrons. The molecule has 0 spiro atoms. The summed E-state index contributed by atoms with van der Waals surface area (Å²) in [6.45, 7) is 1.80. The molecule has 0 saturated carbocycles. The SMILES string of the molecule is Cc1cc(Nc2ccccc2C(=O)O)nc(Nc2ccccc2C#N)n1. The van der Waals surface area contributed by atoms with Crippen molar-refractivity contribution in [3.05, 3.63) is 71.4 Å². The highest BCUT2D eigenvalue weighted by Crippen LogP contribution is 2.23. The number of nitrogens with one attached hydrogen (secondary N) is 2. The van der Waals surface area contributed by atoms with E-state index >= 15 is 0 Å². The summed E-state index contributed by atoms with van der Waals surface area (Å²) < 4.78 is 0. The predicted octanol–water partition coefficient (Wildman–Crippen LogP) is 3.84. The van der Waals surface area contributed by atoms with Gasteiger partial charge in [0.25, 0.3) is 0 Å². The lowest BCUT2D eigenvalue weighted by Gasteiger charge is -2.12. The minimum absolute atomic E-state index is 0.146. The molecule has 3 N–H and O–H groups in total. The fourth-order valence-corrected chi connectivity index (χ4v) is 2.42. The molecule has 0 fully saturated rings. The van der Waals surface area contributed by atoms with Crippen molar-refractivity contribution >= 4 is 29.1 Å². The zero-order valence-electron chi connectivity index (χ0n) is 13.9. The first-order valence-electron chi connectivity index (χ1n) is 7.78. The first-order chi connectivity index (χ1) is 12.6. The third kappa shape index (κ3) is 3.76. The zero-order chi connectivity index (χ0) is 18.5. The number of anilines is 4. The van der Waals surface area contributed by atoms with Crippen molar-refractivity contribution in [2.45, 2.75) is 6.92 Å². The van der Waals surface area contributed by atoms with Gasteiger partial charge in [-0.15, -0.1) is 0 Å². The Labute approximate surface area is 150 Å². The summed E-state index contributed by atoms with van der Waals surface area (Å²) in [6, 6.07) is 17.4. The molecule has 7 heteroatoms. The van der Waals surface area contributed by atoms with E-state index in [1.54, 1.807) is 55.5 Å². The Bertz CT molecular complexity index is 1010. The Balaban J connectivity index is 1.92. The highest BCUT2D eigenvalue weighted by Gasteiger charge is 2.11. The molecule has 0 amide bonds. The molecular weight excluding hydrogens is 330 g/mol. The second-order valence-electron chi connectivity index (χ2n) is 5.48. The smallest absolute Gasteiger partial charge is 0.337 e. The third-order valence-corrected chi connectivity index (χ3v) is 3.57. The van der Waals surface area contributed by atoms with Crippen LogP contribution in [-0.2, 0) is 0 Å². The topological polar surface area (TPSA) is 111 Å². The Hall–Kier alpha value is -3.92. The van der Waals surface area contributed by atoms with Crippen LogP contribution in [-0.4, -0.2) is 21.0 Å². The van der Waals surface area contributed by atoms with Crippen molar-refractivity contribution in [3.8, 4) is 6.07 Å². The number of carboxylic acid groups (broad SMARTS) is 1. The number of hydrogen-bond acceptors (Lipinski definition) is 6. The molecule has 0 unspecified atom stereocenters. The molecule has 0 aliphatic rings. The summed E-state index contributed by atoms with van der Waals surface area (Å²) in [7, 11) is 0. The minimum atomic E-state index is -1.03. The Morgan fingerprint density at radius 1 is 1.04 bits per heavy atom. The number of aromatic carboxylic acids is 1. The number of carbonyl (C=O) groups is 1. The van der Waals surface area contributed by atoms with Crippen LogP contribution in [0.15, 0.2) is 54.6 Å². The van der Waals surface area contributed by atoms with Gasteiger partial charge in [0.05, 0.1) is 22.5 Å². The Morgan fingerprint density at radius 2 is 1.73 bits per heavy atom. The van der Waals surface area contributed by atoms with Gasteiger partial charge in [0, 0.05) is 11.8 Å². The van der Waals surface area contributed by atoms with Gasteiger partial charge in [-0.05, 0) is 31.2 Å². The number of hydrogen-bond donors (Lipinski definition) is 3. The molecule has 1 aromatic heterocycles. The molecule has 0 bridgehead atoms. The van der Waals surface area contributed by atoms with Crippen LogP contribution in [0.5, 0.6) is 0 Å². The van der Waals surface area contributed by atoms with E-state index in [-0.39, 0.29) is 5.56 Å².